The van der Waals surface area contributed by atoms with E-state index in [1.54, 1.807) is 13.0 Å². The molecule has 0 saturated heterocycles. The van der Waals surface area contributed by atoms with E-state index in [1.165, 1.54) is 16.3 Å². The number of nitrogens with zero attached hydrogens (tertiary/aromatic N) is 2. The van der Waals surface area contributed by atoms with Gasteiger partial charge in [-0.3, -0.25) is 9.48 Å². The second-order valence-electron chi connectivity index (χ2n) is 7.21. The molecule has 2 heterocycles. The molecule has 2 aromatic heterocycles. The zero-order chi connectivity index (χ0) is 20.6. The molecule has 1 aliphatic rings. The predicted molar refractivity (Wildman–Crippen MR) is 99.4 cm³/mol. The van der Waals surface area contributed by atoms with E-state index in [2.05, 4.69) is 16.5 Å². The van der Waals surface area contributed by atoms with Gasteiger partial charge < -0.3 is 9.73 Å². The molecule has 1 aliphatic carbocycles. The number of carbonyl (C=O) groups excluding carboxylic acids is 1. The normalized spacial score (nSPS) is 16.5. The first-order chi connectivity index (χ1) is 13.8. The Morgan fingerprint density at radius 1 is 1.28 bits per heavy atom. The number of aryl methyl sites for hydroxylation is 2. The summed E-state index contributed by atoms with van der Waals surface area (Å²) < 4.78 is 45.2. The number of nitrogens with one attached hydrogen (secondary N) is 1. The minimum Gasteiger partial charge on any atom is -0.454 e. The van der Waals surface area contributed by atoms with Gasteiger partial charge in [0, 0.05) is 5.69 Å². The van der Waals surface area contributed by atoms with Crippen LogP contribution in [-0.4, -0.2) is 15.7 Å². The van der Waals surface area contributed by atoms with E-state index >= 15 is 0 Å². The first-order valence-corrected chi connectivity index (χ1v) is 9.40. The van der Waals surface area contributed by atoms with Gasteiger partial charge in [-0.05, 0) is 55.5 Å². The first kappa shape index (κ1) is 19.3. The van der Waals surface area contributed by atoms with Gasteiger partial charge in [0.2, 0.25) is 0 Å². The largest absolute Gasteiger partial charge is 0.454 e. The van der Waals surface area contributed by atoms with Crippen LogP contribution in [-0.2, 0) is 19.1 Å². The Morgan fingerprint density at radius 2 is 2.07 bits per heavy atom. The number of alkyl halides is 3. The molecule has 5 nitrogen and oxygen atoms in total. The summed E-state index contributed by atoms with van der Waals surface area (Å²) in [5, 5.41) is 6.58. The van der Waals surface area contributed by atoms with E-state index in [1.807, 2.05) is 18.2 Å². The number of aromatic nitrogens is 2. The Labute approximate surface area is 165 Å². The Balaban J connectivity index is 1.46. The first-order valence-electron chi connectivity index (χ1n) is 9.40. The third kappa shape index (κ3) is 4.06. The minimum atomic E-state index is -4.50. The summed E-state index contributed by atoms with van der Waals surface area (Å²) in [5.41, 5.74) is 1.76. The van der Waals surface area contributed by atoms with Crippen molar-refractivity contribution >= 4 is 5.91 Å². The number of benzene rings is 1. The Hall–Kier alpha value is -3.03. The molecule has 3 aromatic rings. The molecule has 0 aliphatic heterocycles. The fourth-order valence-corrected chi connectivity index (χ4v) is 3.67. The average molecular weight is 403 g/mol. The van der Waals surface area contributed by atoms with Crippen LogP contribution in [0.2, 0.25) is 0 Å². The zero-order valence-corrected chi connectivity index (χ0v) is 15.8. The second kappa shape index (κ2) is 7.42. The quantitative estimate of drug-likeness (QED) is 0.689. The number of amides is 1. The van der Waals surface area contributed by atoms with Crippen molar-refractivity contribution in [3.63, 3.8) is 0 Å². The van der Waals surface area contributed by atoms with Crippen LogP contribution in [0.15, 0.2) is 46.9 Å². The summed E-state index contributed by atoms with van der Waals surface area (Å²) in [6.07, 6.45) is -1.66. The van der Waals surface area contributed by atoms with Crippen LogP contribution < -0.4 is 5.32 Å². The van der Waals surface area contributed by atoms with Crippen LogP contribution in [0, 0.1) is 6.92 Å². The lowest BCUT2D eigenvalue weighted by atomic mass is 9.88. The molecule has 1 aromatic carbocycles. The predicted octanol–water partition coefficient (Wildman–Crippen LogP) is 4.66. The van der Waals surface area contributed by atoms with Gasteiger partial charge in [0.25, 0.3) is 5.91 Å². The highest BCUT2D eigenvalue weighted by Crippen LogP contribution is 2.30. The van der Waals surface area contributed by atoms with Crippen LogP contribution in [0.1, 0.15) is 57.7 Å². The molecule has 0 fully saturated rings. The van der Waals surface area contributed by atoms with Crippen molar-refractivity contribution in [2.45, 2.75) is 44.9 Å². The maximum Gasteiger partial charge on any atom is 0.435 e. The number of carbonyl (C=O) groups is 1. The van der Waals surface area contributed by atoms with Crippen LogP contribution in [0.25, 0.3) is 0 Å². The lowest BCUT2D eigenvalue weighted by Gasteiger charge is -2.26. The summed E-state index contributed by atoms with van der Waals surface area (Å²) in [6, 6.07) is 12.0. The average Bonchev–Trinajstić information content (AvgIpc) is 3.29. The fraction of sp³-hybridized carbons (Fsp3) is 0.333. The van der Waals surface area contributed by atoms with Crippen molar-refractivity contribution in [1.82, 2.24) is 15.1 Å². The van der Waals surface area contributed by atoms with Crippen molar-refractivity contribution in [1.29, 1.82) is 0 Å². The SMILES string of the molecule is Cc1cc(C(F)(F)F)nn1Cc1ccc(C(=O)N[C@H]2CCCc3ccccc32)o1. The number of hydrogen-bond donors (Lipinski definition) is 1. The van der Waals surface area contributed by atoms with Gasteiger partial charge in [-0.15, -0.1) is 0 Å². The van der Waals surface area contributed by atoms with Crippen molar-refractivity contribution in [3.05, 3.63) is 76.5 Å². The third-order valence-corrected chi connectivity index (χ3v) is 5.14. The molecule has 0 unspecified atom stereocenters. The molecular weight excluding hydrogens is 383 g/mol. The molecule has 29 heavy (non-hydrogen) atoms. The standard InChI is InChI=1S/C21H20F3N3O2/c1-13-11-19(21(22,23)24)26-27(13)12-15-9-10-18(29-15)20(28)25-17-8-4-6-14-5-2-3-7-16(14)17/h2-3,5,7,9-11,17H,4,6,8,12H2,1H3,(H,25,28)/t17-/m0/s1. The maximum absolute atomic E-state index is 12.8. The molecule has 4 rings (SSSR count). The molecule has 0 radical (unpaired) electrons. The second-order valence-corrected chi connectivity index (χ2v) is 7.21. The third-order valence-electron chi connectivity index (χ3n) is 5.14. The van der Waals surface area contributed by atoms with Gasteiger partial charge in [0.15, 0.2) is 11.5 Å². The lowest BCUT2D eigenvalue weighted by Crippen LogP contribution is -2.30. The maximum atomic E-state index is 12.8. The smallest absolute Gasteiger partial charge is 0.435 e. The van der Waals surface area contributed by atoms with E-state index in [9.17, 15) is 18.0 Å². The van der Waals surface area contributed by atoms with E-state index in [0.717, 1.165) is 30.9 Å². The van der Waals surface area contributed by atoms with E-state index in [0.29, 0.717) is 11.5 Å². The highest BCUT2D eigenvalue weighted by Gasteiger charge is 2.34. The molecule has 152 valence electrons. The summed E-state index contributed by atoms with van der Waals surface area (Å²) in [4.78, 5) is 12.6. The molecule has 8 heteroatoms. The number of rotatable bonds is 4. The Bertz CT molecular complexity index is 1040. The van der Waals surface area contributed by atoms with Gasteiger partial charge in [0.05, 0.1) is 12.6 Å². The number of hydrogen-bond acceptors (Lipinski definition) is 3. The number of furan rings is 1. The van der Waals surface area contributed by atoms with Gasteiger partial charge >= 0.3 is 6.18 Å². The van der Waals surface area contributed by atoms with Crippen molar-refractivity contribution in [3.8, 4) is 0 Å². The summed E-state index contributed by atoms with van der Waals surface area (Å²) in [5.74, 6) is 0.147. The number of fused-ring (bicyclic) bond motifs is 1. The topological polar surface area (TPSA) is 60.1 Å². The van der Waals surface area contributed by atoms with Gasteiger partial charge in [-0.25, -0.2) is 0 Å². The van der Waals surface area contributed by atoms with Gasteiger partial charge in [-0.1, -0.05) is 24.3 Å². The van der Waals surface area contributed by atoms with Crippen LogP contribution in [0.5, 0.6) is 0 Å². The van der Waals surface area contributed by atoms with E-state index in [-0.39, 0.29) is 24.3 Å². The van der Waals surface area contributed by atoms with Crippen LogP contribution >= 0.6 is 0 Å². The van der Waals surface area contributed by atoms with Crippen LogP contribution in [0.3, 0.4) is 0 Å². The molecule has 1 amide bonds. The molecule has 0 saturated carbocycles. The molecule has 0 bridgehead atoms. The Morgan fingerprint density at radius 3 is 2.83 bits per heavy atom. The van der Waals surface area contributed by atoms with Crippen LogP contribution in [0.4, 0.5) is 13.2 Å². The number of halogens is 3. The highest BCUT2D eigenvalue weighted by atomic mass is 19.4. The summed E-state index contributed by atoms with van der Waals surface area (Å²) in [6.45, 7) is 1.56. The monoisotopic (exact) mass is 403 g/mol. The zero-order valence-electron chi connectivity index (χ0n) is 15.8. The molecule has 1 N–H and O–H groups in total. The van der Waals surface area contributed by atoms with Crippen molar-refractivity contribution < 1.29 is 22.4 Å². The van der Waals surface area contributed by atoms with Crippen molar-refractivity contribution in [2.24, 2.45) is 0 Å². The van der Waals surface area contributed by atoms with Gasteiger partial charge in [-0.2, -0.15) is 18.3 Å². The molecular formula is C21H20F3N3O2. The Kier molecular flexibility index (Phi) is 4.94. The summed E-state index contributed by atoms with van der Waals surface area (Å²) in [7, 11) is 0. The molecule has 0 spiro atoms. The van der Waals surface area contributed by atoms with Gasteiger partial charge in [0.1, 0.15) is 5.76 Å². The summed E-state index contributed by atoms with van der Waals surface area (Å²) >= 11 is 0. The van der Waals surface area contributed by atoms with E-state index in [4.69, 9.17) is 4.42 Å². The molecule has 1 atom stereocenters. The van der Waals surface area contributed by atoms with Crippen molar-refractivity contribution in [2.75, 3.05) is 0 Å². The fourth-order valence-electron chi connectivity index (χ4n) is 3.67. The van der Waals surface area contributed by atoms with E-state index < -0.39 is 11.9 Å². The lowest BCUT2D eigenvalue weighted by molar-refractivity contribution is -0.141. The minimum absolute atomic E-state index is 0.0153. The highest BCUT2D eigenvalue weighted by molar-refractivity contribution is 5.91.